The topological polar surface area (TPSA) is 113 Å². The van der Waals surface area contributed by atoms with Crippen LogP contribution < -0.4 is 16.6 Å². The largest absolute Gasteiger partial charge is 0.328 e. The molecule has 0 saturated heterocycles. The van der Waals surface area contributed by atoms with Crippen molar-refractivity contribution in [3.8, 4) is 0 Å². The van der Waals surface area contributed by atoms with Crippen LogP contribution in [0.25, 0.3) is 0 Å². The molecule has 100 valence electrons. The van der Waals surface area contributed by atoms with E-state index in [1.165, 1.54) is 12.3 Å². The first-order valence-electron chi connectivity index (χ1n) is 5.58. The number of rotatable bonds is 3. The van der Waals surface area contributed by atoms with Gasteiger partial charge in [-0.2, -0.15) is 5.10 Å². The van der Waals surface area contributed by atoms with Gasteiger partial charge in [0.2, 0.25) is 5.91 Å². The minimum atomic E-state index is -0.627. The van der Waals surface area contributed by atoms with Gasteiger partial charge in [-0.15, -0.1) is 0 Å². The van der Waals surface area contributed by atoms with Crippen LogP contribution in [0.4, 0.5) is 5.82 Å². The first-order valence-corrected chi connectivity index (χ1v) is 5.58. The summed E-state index contributed by atoms with van der Waals surface area (Å²) in [5.41, 5.74) is 0.566. The van der Waals surface area contributed by atoms with Gasteiger partial charge in [-0.1, -0.05) is 0 Å². The highest BCUT2D eigenvalue weighted by Crippen LogP contribution is 2.13. The fourth-order valence-electron chi connectivity index (χ4n) is 1.50. The Labute approximate surface area is 107 Å². The second-order valence-electron chi connectivity index (χ2n) is 4.11. The highest BCUT2D eigenvalue weighted by atomic mass is 16.2. The number of aromatic nitrogens is 4. The molecule has 0 saturated carbocycles. The van der Waals surface area contributed by atoms with Gasteiger partial charge in [0.1, 0.15) is 6.54 Å². The van der Waals surface area contributed by atoms with Crippen molar-refractivity contribution in [2.45, 2.75) is 20.4 Å². The fourth-order valence-corrected chi connectivity index (χ4v) is 1.50. The van der Waals surface area contributed by atoms with E-state index in [2.05, 4.69) is 20.5 Å². The maximum absolute atomic E-state index is 11.8. The highest BCUT2D eigenvalue weighted by Gasteiger charge is 2.10. The summed E-state index contributed by atoms with van der Waals surface area (Å²) in [5, 5.41) is 9.26. The molecular weight excluding hydrogens is 250 g/mol. The molecule has 3 N–H and O–H groups in total. The molecule has 19 heavy (non-hydrogen) atoms. The molecular formula is C11H13N5O3. The summed E-state index contributed by atoms with van der Waals surface area (Å²) in [4.78, 5) is 36.1. The van der Waals surface area contributed by atoms with Crippen LogP contribution in [0.15, 0.2) is 21.9 Å². The molecule has 8 nitrogen and oxygen atoms in total. The molecule has 2 aromatic heterocycles. The van der Waals surface area contributed by atoms with Gasteiger partial charge < -0.3 is 5.32 Å². The van der Waals surface area contributed by atoms with Crippen molar-refractivity contribution in [3.63, 3.8) is 0 Å². The SMILES string of the molecule is Cc1[nH]nc(NC(=O)Cn2ccc(=O)[nH]c2=O)c1C. The summed E-state index contributed by atoms with van der Waals surface area (Å²) in [6.07, 6.45) is 1.27. The molecule has 0 aliphatic heterocycles. The van der Waals surface area contributed by atoms with E-state index in [1.54, 1.807) is 0 Å². The van der Waals surface area contributed by atoms with Crippen molar-refractivity contribution in [1.29, 1.82) is 0 Å². The van der Waals surface area contributed by atoms with Gasteiger partial charge in [0.15, 0.2) is 5.82 Å². The van der Waals surface area contributed by atoms with Gasteiger partial charge in [-0.25, -0.2) is 4.79 Å². The Balaban J connectivity index is 2.12. The van der Waals surface area contributed by atoms with E-state index in [-0.39, 0.29) is 6.54 Å². The summed E-state index contributed by atoms with van der Waals surface area (Å²) in [6.45, 7) is 3.46. The van der Waals surface area contributed by atoms with Crippen molar-refractivity contribution in [3.05, 3.63) is 44.4 Å². The zero-order chi connectivity index (χ0) is 14.0. The van der Waals surface area contributed by atoms with E-state index < -0.39 is 17.2 Å². The molecule has 8 heteroatoms. The average molecular weight is 263 g/mol. The van der Waals surface area contributed by atoms with E-state index in [0.29, 0.717) is 5.82 Å². The number of carbonyl (C=O) groups excluding carboxylic acids is 1. The minimum Gasteiger partial charge on any atom is -0.307 e. The number of nitrogens with zero attached hydrogens (tertiary/aromatic N) is 2. The molecule has 1 amide bonds. The van der Waals surface area contributed by atoms with Gasteiger partial charge in [0.05, 0.1) is 0 Å². The second-order valence-corrected chi connectivity index (χ2v) is 4.11. The Morgan fingerprint density at radius 1 is 1.42 bits per heavy atom. The third-order valence-corrected chi connectivity index (χ3v) is 2.72. The number of aromatic amines is 2. The first-order chi connectivity index (χ1) is 8.97. The van der Waals surface area contributed by atoms with Gasteiger partial charge >= 0.3 is 5.69 Å². The van der Waals surface area contributed by atoms with Crippen molar-refractivity contribution in [1.82, 2.24) is 19.7 Å². The van der Waals surface area contributed by atoms with Crippen LogP contribution in [0, 0.1) is 13.8 Å². The van der Waals surface area contributed by atoms with Crippen LogP contribution in [0.3, 0.4) is 0 Å². The monoisotopic (exact) mass is 263 g/mol. The van der Waals surface area contributed by atoms with Gasteiger partial charge in [0.25, 0.3) is 5.56 Å². The Hall–Kier alpha value is -2.64. The van der Waals surface area contributed by atoms with Crippen molar-refractivity contribution in [2.75, 3.05) is 5.32 Å². The number of nitrogens with one attached hydrogen (secondary N) is 3. The van der Waals surface area contributed by atoms with Crippen LogP contribution in [0.1, 0.15) is 11.3 Å². The van der Waals surface area contributed by atoms with Crippen molar-refractivity contribution >= 4 is 11.7 Å². The third-order valence-electron chi connectivity index (χ3n) is 2.72. The summed E-state index contributed by atoms with van der Waals surface area (Å²) in [6, 6.07) is 1.18. The van der Waals surface area contributed by atoms with Crippen LogP contribution in [0.5, 0.6) is 0 Å². The molecule has 0 unspecified atom stereocenters. The Kier molecular flexibility index (Phi) is 3.32. The van der Waals surface area contributed by atoms with Crippen LogP contribution in [-0.4, -0.2) is 25.7 Å². The molecule has 0 aliphatic carbocycles. The van der Waals surface area contributed by atoms with Crippen LogP contribution in [0.2, 0.25) is 0 Å². The lowest BCUT2D eigenvalue weighted by Crippen LogP contribution is -2.32. The lowest BCUT2D eigenvalue weighted by atomic mass is 10.3. The van der Waals surface area contributed by atoms with E-state index in [0.717, 1.165) is 15.8 Å². The first kappa shape index (κ1) is 12.8. The van der Waals surface area contributed by atoms with Gasteiger partial charge in [-0.05, 0) is 13.8 Å². The molecule has 0 fully saturated rings. The normalized spacial score (nSPS) is 10.4. The third kappa shape index (κ3) is 2.79. The van der Waals surface area contributed by atoms with Gasteiger partial charge in [0, 0.05) is 23.5 Å². The molecule has 2 heterocycles. The minimum absolute atomic E-state index is 0.193. The number of carbonyl (C=O) groups is 1. The predicted molar refractivity (Wildman–Crippen MR) is 68.0 cm³/mol. The van der Waals surface area contributed by atoms with Gasteiger partial charge in [-0.3, -0.25) is 24.2 Å². The molecule has 2 aromatic rings. The molecule has 0 aromatic carbocycles. The Bertz CT molecular complexity index is 724. The quantitative estimate of drug-likeness (QED) is 0.693. The highest BCUT2D eigenvalue weighted by molar-refractivity contribution is 5.90. The lowest BCUT2D eigenvalue weighted by molar-refractivity contribution is -0.116. The number of amides is 1. The maximum Gasteiger partial charge on any atom is 0.328 e. The molecule has 2 rings (SSSR count). The number of aryl methyl sites for hydroxylation is 1. The summed E-state index contributed by atoms with van der Waals surface area (Å²) >= 11 is 0. The molecule has 0 spiro atoms. The zero-order valence-corrected chi connectivity index (χ0v) is 10.5. The van der Waals surface area contributed by atoms with E-state index >= 15 is 0 Å². The summed E-state index contributed by atoms with van der Waals surface area (Å²) < 4.78 is 1.10. The fraction of sp³-hybridized carbons (Fsp3) is 0.273. The number of anilines is 1. The smallest absolute Gasteiger partial charge is 0.307 e. The number of H-pyrrole nitrogens is 2. The lowest BCUT2D eigenvalue weighted by Gasteiger charge is -2.05. The van der Waals surface area contributed by atoms with E-state index in [4.69, 9.17) is 0 Å². The molecule has 0 aliphatic rings. The molecule has 0 atom stereocenters. The van der Waals surface area contributed by atoms with Crippen LogP contribution in [-0.2, 0) is 11.3 Å². The summed E-state index contributed by atoms with van der Waals surface area (Å²) in [5.74, 6) is 0.0312. The standard InChI is InChI=1S/C11H13N5O3/c1-6-7(2)14-15-10(6)12-9(18)5-16-4-3-8(17)13-11(16)19/h3-4H,5H2,1-2H3,(H,13,17,19)(H2,12,14,15,18). The summed E-state index contributed by atoms with van der Waals surface area (Å²) in [7, 11) is 0. The van der Waals surface area contributed by atoms with Crippen molar-refractivity contribution < 1.29 is 4.79 Å². The van der Waals surface area contributed by atoms with Crippen molar-refractivity contribution in [2.24, 2.45) is 0 Å². The average Bonchev–Trinajstić information content (AvgIpc) is 2.65. The Morgan fingerprint density at radius 2 is 2.16 bits per heavy atom. The maximum atomic E-state index is 11.8. The second kappa shape index (κ2) is 4.92. The predicted octanol–water partition coefficient (Wildman–Crippen LogP) is -0.485. The van der Waals surface area contributed by atoms with E-state index in [1.807, 2.05) is 13.8 Å². The Morgan fingerprint density at radius 3 is 2.74 bits per heavy atom. The number of hydrogen-bond donors (Lipinski definition) is 3. The number of hydrogen-bond acceptors (Lipinski definition) is 4. The molecule has 0 radical (unpaired) electrons. The molecule has 0 bridgehead atoms. The van der Waals surface area contributed by atoms with E-state index in [9.17, 15) is 14.4 Å². The zero-order valence-electron chi connectivity index (χ0n) is 10.5. The van der Waals surface area contributed by atoms with Crippen LogP contribution >= 0.6 is 0 Å².